The van der Waals surface area contributed by atoms with Crippen LogP contribution in [-0.2, 0) is 21.2 Å². The number of carbonyl (C=O) groups excluding carboxylic acids is 1. The second-order valence-corrected chi connectivity index (χ2v) is 10.8. The number of hydrogen-bond acceptors (Lipinski definition) is 6. The van der Waals surface area contributed by atoms with Crippen LogP contribution in [0.4, 0.5) is 4.79 Å². The molecule has 0 spiro atoms. The number of nitrogens with two attached hydrogens (primary N) is 1. The van der Waals surface area contributed by atoms with Crippen LogP contribution in [0.3, 0.4) is 0 Å². The molecule has 0 aliphatic heterocycles. The fourth-order valence-corrected chi connectivity index (χ4v) is 5.18. The number of nitrogens with zero attached hydrogens (tertiary/aromatic N) is 2. The molecule has 3 aromatic rings. The second kappa shape index (κ2) is 9.70. The van der Waals surface area contributed by atoms with Crippen molar-refractivity contribution in [3.63, 3.8) is 0 Å². The molecule has 9 heteroatoms. The first-order valence-corrected chi connectivity index (χ1v) is 12.7. The molecular weight excluding hydrogens is 446 g/mol. The Hall–Kier alpha value is -2.91. The topological polar surface area (TPSA) is 104 Å². The van der Waals surface area contributed by atoms with E-state index in [0.717, 1.165) is 16.7 Å². The van der Waals surface area contributed by atoms with E-state index in [4.69, 9.17) is 10.5 Å². The number of ether oxygens (including phenoxy) is 1. The van der Waals surface area contributed by atoms with Crippen molar-refractivity contribution in [3.8, 4) is 11.3 Å². The number of hydrogen-bond donors (Lipinski definition) is 1. The Morgan fingerprint density at radius 1 is 1.38 bits per heavy atom. The number of rotatable bonds is 9. The molecule has 0 aliphatic rings. The Bertz CT molecular complexity index is 1180. The molecule has 3 aromatic heterocycles. The van der Waals surface area contributed by atoms with Crippen LogP contribution < -0.4 is 5.73 Å². The van der Waals surface area contributed by atoms with Gasteiger partial charge in [-0.1, -0.05) is 25.1 Å². The molecule has 2 N–H and O–H groups in total. The zero-order valence-corrected chi connectivity index (χ0v) is 19.9. The highest BCUT2D eigenvalue weighted by Gasteiger charge is 2.30. The Labute approximate surface area is 192 Å². The highest BCUT2D eigenvalue weighted by Crippen LogP contribution is 2.30. The molecule has 1 amide bonds. The average Bonchev–Trinajstić information content (AvgIpc) is 3.37. The molecule has 3 rings (SSSR count). The summed E-state index contributed by atoms with van der Waals surface area (Å²) in [4.78, 5) is 15.3. The minimum Gasteiger partial charge on any atom is -0.443 e. The summed E-state index contributed by atoms with van der Waals surface area (Å²) in [5.41, 5.74) is 7.51. The lowest BCUT2D eigenvalue weighted by Crippen LogP contribution is -2.38. The summed E-state index contributed by atoms with van der Waals surface area (Å²) < 4.78 is 33.0. The third-order valence-corrected chi connectivity index (χ3v) is 7.55. The fourth-order valence-electron chi connectivity index (χ4n) is 3.28. The van der Waals surface area contributed by atoms with Crippen LogP contribution in [0.1, 0.15) is 31.9 Å². The van der Waals surface area contributed by atoms with Crippen LogP contribution in [0.25, 0.3) is 17.3 Å². The normalized spacial score (nSPS) is 13.3. The van der Waals surface area contributed by atoms with Crippen molar-refractivity contribution < 1.29 is 17.9 Å². The van der Waals surface area contributed by atoms with E-state index < -0.39 is 21.7 Å². The number of amides is 1. The SMILES string of the molecule is CC(Cc1cc(-c2ccsc2)n(S(=O)(=O)CC=Cc2cccnc2)c1)C(C)(C)OC(N)=O. The van der Waals surface area contributed by atoms with Crippen LogP contribution in [0.5, 0.6) is 0 Å². The molecule has 1 unspecified atom stereocenters. The van der Waals surface area contributed by atoms with Crippen LogP contribution in [0.2, 0.25) is 0 Å². The summed E-state index contributed by atoms with van der Waals surface area (Å²) in [5.74, 6) is -0.242. The van der Waals surface area contributed by atoms with Crippen molar-refractivity contribution in [1.29, 1.82) is 0 Å². The van der Waals surface area contributed by atoms with Crippen LogP contribution in [0.15, 0.2) is 59.7 Å². The van der Waals surface area contributed by atoms with Gasteiger partial charge < -0.3 is 10.5 Å². The van der Waals surface area contributed by atoms with E-state index in [1.165, 1.54) is 15.3 Å². The van der Waals surface area contributed by atoms with Gasteiger partial charge in [-0.05, 0) is 60.9 Å². The quantitative estimate of drug-likeness (QED) is 0.491. The van der Waals surface area contributed by atoms with Gasteiger partial charge in [0.25, 0.3) is 0 Å². The van der Waals surface area contributed by atoms with Gasteiger partial charge in [-0.3, -0.25) is 4.98 Å². The van der Waals surface area contributed by atoms with Crippen molar-refractivity contribution >= 4 is 33.5 Å². The van der Waals surface area contributed by atoms with E-state index in [9.17, 15) is 13.2 Å². The Kier molecular flexibility index (Phi) is 7.20. The molecular formula is C23H27N3O4S2. The number of thiophene rings is 1. The lowest BCUT2D eigenvalue weighted by Gasteiger charge is -2.30. The first kappa shape index (κ1) is 23.7. The monoisotopic (exact) mass is 473 g/mol. The Morgan fingerprint density at radius 2 is 2.16 bits per heavy atom. The summed E-state index contributed by atoms with van der Waals surface area (Å²) in [7, 11) is -3.65. The lowest BCUT2D eigenvalue weighted by atomic mass is 9.87. The molecule has 0 bridgehead atoms. The van der Waals surface area contributed by atoms with Crippen molar-refractivity contribution in [2.45, 2.75) is 32.8 Å². The average molecular weight is 474 g/mol. The van der Waals surface area contributed by atoms with Gasteiger partial charge in [-0.15, -0.1) is 0 Å². The number of aromatic nitrogens is 2. The number of pyridine rings is 1. The van der Waals surface area contributed by atoms with Gasteiger partial charge >= 0.3 is 6.09 Å². The Morgan fingerprint density at radius 3 is 2.78 bits per heavy atom. The molecule has 0 radical (unpaired) electrons. The molecule has 0 aromatic carbocycles. The van der Waals surface area contributed by atoms with Crippen molar-refractivity contribution in [1.82, 2.24) is 8.96 Å². The van der Waals surface area contributed by atoms with Crippen LogP contribution in [-0.4, -0.2) is 34.8 Å². The zero-order chi connectivity index (χ0) is 23.4. The highest BCUT2D eigenvalue weighted by molar-refractivity contribution is 7.90. The maximum Gasteiger partial charge on any atom is 0.405 e. The van der Waals surface area contributed by atoms with Gasteiger partial charge in [-0.2, -0.15) is 11.3 Å². The van der Waals surface area contributed by atoms with Crippen LogP contribution in [0, 0.1) is 5.92 Å². The molecule has 7 nitrogen and oxygen atoms in total. The van der Waals surface area contributed by atoms with E-state index in [2.05, 4.69) is 4.98 Å². The molecule has 0 saturated heterocycles. The summed E-state index contributed by atoms with van der Waals surface area (Å²) in [6.07, 6.45) is 8.04. The summed E-state index contributed by atoms with van der Waals surface area (Å²) in [6, 6.07) is 7.43. The summed E-state index contributed by atoms with van der Waals surface area (Å²) >= 11 is 1.50. The minimum atomic E-state index is -3.65. The standard InChI is InChI=1S/C23H27N3O4S2/c1-17(23(2,3)30-22(24)27)12-19-13-21(20-8-10-31-16-20)26(15-19)32(28,29)11-5-7-18-6-4-9-25-14-18/h4-10,13-17H,11-12H2,1-3H3,(H2,24,27). The van der Waals surface area contributed by atoms with Gasteiger partial charge in [0.15, 0.2) is 0 Å². The Balaban J connectivity index is 1.88. The zero-order valence-electron chi connectivity index (χ0n) is 18.3. The van der Waals surface area contributed by atoms with E-state index >= 15 is 0 Å². The highest BCUT2D eigenvalue weighted by atomic mass is 32.2. The predicted molar refractivity (Wildman–Crippen MR) is 128 cm³/mol. The van der Waals surface area contributed by atoms with Crippen molar-refractivity contribution in [2.75, 3.05) is 5.75 Å². The molecule has 170 valence electrons. The number of primary amides is 1. The van der Waals surface area contributed by atoms with Crippen LogP contribution >= 0.6 is 11.3 Å². The smallest absolute Gasteiger partial charge is 0.405 e. The molecule has 32 heavy (non-hydrogen) atoms. The van der Waals surface area contributed by atoms with E-state index in [1.54, 1.807) is 50.7 Å². The van der Waals surface area contributed by atoms with E-state index in [0.29, 0.717) is 12.1 Å². The fraction of sp³-hybridized carbons (Fsp3) is 0.304. The van der Waals surface area contributed by atoms with E-state index in [-0.39, 0.29) is 11.7 Å². The lowest BCUT2D eigenvalue weighted by molar-refractivity contribution is 0.00479. The molecule has 0 saturated carbocycles. The summed E-state index contributed by atoms with van der Waals surface area (Å²) in [6.45, 7) is 5.52. The maximum absolute atomic E-state index is 13.2. The molecule has 3 heterocycles. The van der Waals surface area contributed by atoms with E-state index in [1.807, 2.05) is 35.9 Å². The second-order valence-electron chi connectivity index (χ2n) is 8.14. The molecule has 0 fully saturated rings. The predicted octanol–water partition coefficient (Wildman–Crippen LogP) is 4.56. The first-order valence-electron chi connectivity index (χ1n) is 10.1. The third kappa shape index (κ3) is 5.86. The first-order chi connectivity index (χ1) is 15.1. The van der Waals surface area contributed by atoms with Gasteiger partial charge in [0, 0.05) is 29.5 Å². The van der Waals surface area contributed by atoms with Crippen molar-refractivity contribution in [2.24, 2.45) is 11.7 Å². The third-order valence-electron chi connectivity index (χ3n) is 5.35. The van der Waals surface area contributed by atoms with Gasteiger partial charge in [0.05, 0.1) is 11.4 Å². The summed E-state index contributed by atoms with van der Waals surface area (Å²) in [5, 5.41) is 3.83. The largest absolute Gasteiger partial charge is 0.443 e. The molecule has 0 aliphatic carbocycles. The maximum atomic E-state index is 13.2. The van der Waals surface area contributed by atoms with Gasteiger partial charge in [-0.25, -0.2) is 17.2 Å². The minimum absolute atomic E-state index is 0.0886. The van der Waals surface area contributed by atoms with Gasteiger partial charge in [0.2, 0.25) is 10.0 Å². The molecule has 1 atom stereocenters. The van der Waals surface area contributed by atoms with Crippen molar-refractivity contribution in [3.05, 3.63) is 70.8 Å². The number of carbonyl (C=O) groups is 1. The van der Waals surface area contributed by atoms with Gasteiger partial charge in [0.1, 0.15) is 5.60 Å².